The highest BCUT2D eigenvalue weighted by Gasteiger charge is 2.51. The predicted molar refractivity (Wildman–Crippen MR) is 323 cm³/mol. The summed E-state index contributed by atoms with van der Waals surface area (Å²) < 4.78 is 22.7. The Kier molecular flexibility index (Phi) is 46.0. The first-order valence-electron chi connectivity index (χ1n) is 31.5. The van der Waals surface area contributed by atoms with Crippen LogP contribution in [0.5, 0.6) is 0 Å². The Hall–Kier alpha value is -3.09. The summed E-state index contributed by atoms with van der Waals surface area (Å²) in [5, 5.41) is 87.1. The van der Waals surface area contributed by atoms with Gasteiger partial charge in [0.25, 0.3) is 0 Å². The van der Waals surface area contributed by atoms with Crippen molar-refractivity contribution < 1.29 is 64.6 Å². The van der Waals surface area contributed by atoms with Crippen LogP contribution < -0.4 is 5.32 Å². The van der Waals surface area contributed by atoms with Crippen LogP contribution >= 0.6 is 0 Å². The van der Waals surface area contributed by atoms with Gasteiger partial charge in [-0.15, -0.1) is 0 Å². The second kappa shape index (κ2) is 50.4. The van der Waals surface area contributed by atoms with Crippen molar-refractivity contribution in [2.45, 2.75) is 293 Å². The van der Waals surface area contributed by atoms with E-state index in [1.807, 2.05) is 18.2 Å². The summed E-state index contributed by atoms with van der Waals surface area (Å²) in [7, 11) is 0. The van der Waals surface area contributed by atoms with Crippen molar-refractivity contribution in [3.05, 3.63) is 97.2 Å². The molecule has 0 aliphatic carbocycles. The lowest BCUT2D eigenvalue weighted by molar-refractivity contribution is -0.359. The number of amides is 1. The lowest BCUT2D eigenvalue weighted by atomic mass is 9.97. The van der Waals surface area contributed by atoms with E-state index in [0.717, 1.165) is 51.4 Å². The Labute approximate surface area is 483 Å². The van der Waals surface area contributed by atoms with Gasteiger partial charge in [0.15, 0.2) is 12.6 Å². The molecule has 0 spiro atoms. The summed E-state index contributed by atoms with van der Waals surface area (Å²) in [6, 6.07) is -0.979. The van der Waals surface area contributed by atoms with Gasteiger partial charge < -0.3 is 65.1 Å². The van der Waals surface area contributed by atoms with E-state index in [1.165, 1.54) is 135 Å². The Morgan fingerprint density at radius 2 is 0.875 bits per heavy atom. The standard InChI is InChI=1S/C66H113NO13/c1-3-5-7-9-11-13-15-17-19-21-23-24-25-26-27-28-29-30-32-33-35-37-39-41-43-45-47-49-55(70)54(67-58(71)50-48-46-44-42-40-38-36-34-31-22-20-18-16-14-12-10-8-6-4-2)53-77-65-63(76)61(74)64(57(52-69)79-65)80-66-62(75)60(73)59(72)56(51-68)78-66/h6,8,12,14,18,20,31,34,38-41,44,46-47,49,54-57,59-66,68-70,72-76H,3-5,7,9-11,13,15-17,19,21-30,32-33,35-37,42-43,45,48,50-53H2,1-2H3,(H,67,71)/b8-6-,14-12-,20-18-,34-31-,40-38-,41-39+,46-44-,49-47+. The maximum absolute atomic E-state index is 13.2. The van der Waals surface area contributed by atoms with E-state index in [1.54, 1.807) is 6.08 Å². The maximum atomic E-state index is 13.2. The summed E-state index contributed by atoms with van der Waals surface area (Å²) in [4.78, 5) is 13.2. The lowest BCUT2D eigenvalue weighted by Crippen LogP contribution is -2.65. The average molecular weight is 1130 g/mol. The van der Waals surface area contributed by atoms with E-state index < -0.39 is 86.8 Å². The molecule has 9 N–H and O–H groups in total. The van der Waals surface area contributed by atoms with E-state index >= 15 is 0 Å². The number of aliphatic hydroxyl groups excluding tert-OH is 8. The molecule has 80 heavy (non-hydrogen) atoms. The molecule has 2 rings (SSSR count). The Bertz CT molecular complexity index is 1710. The molecule has 14 nitrogen and oxygen atoms in total. The Morgan fingerprint density at radius 3 is 1.36 bits per heavy atom. The highest BCUT2D eigenvalue weighted by Crippen LogP contribution is 2.30. The largest absolute Gasteiger partial charge is 0.394 e. The van der Waals surface area contributed by atoms with Crippen molar-refractivity contribution in [1.82, 2.24) is 5.32 Å². The fourth-order valence-electron chi connectivity index (χ4n) is 9.74. The van der Waals surface area contributed by atoms with Gasteiger partial charge in [-0.3, -0.25) is 4.79 Å². The van der Waals surface area contributed by atoms with Crippen LogP contribution in [0, 0.1) is 0 Å². The molecule has 12 atom stereocenters. The van der Waals surface area contributed by atoms with Crippen LogP contribution in [-0.2, 0) is 23.7 Å². The van der Waals surface area contributed by atoms with Crippen LogP contribution in [0.15, 0.2) is 97.2 Å². The summed E-state index contributed by atoms with van der Waals surface area (Å²) >= 11 is 0. The SMILES string of the molecule is CC/C=C\C/C=C\C/C=C\C/C=C\C/C=C\C/C=C\CCC(=O)NC(COC1OC(CO)C(OC2OC(CO)C(O)C(O)C2O)C(O)C1O)C(O)/C=C/CC/C=C/CCCCCCCCCCCCCCCCCCCCCCC. The van der Waals surface area contributed by atoms with Gasteiger partial charge >= 0.3 is 0 Å². The smallest absolute Gasteiger partial charge is 0.220 e. The quantitative estimate of drug-likeness (QED) is 0.0204. The molecule has 0 saturated carbocycles. The van der Waals surface area contributed by atoms with E-state index in [0.29, 0.717) is 12.8 Å². The molecule has 0 aromatic carbocycles. The van der Waals surface area contributed by atoms with E-state index in [9.17, 15) is 45.6 Å². The van der Waals surface area contributed by atoms with Crippen LogP contribution in [0.4, 0.5) is 0 Å². The first-order valence-corrected chi connectivity index (χ1v) is 31.5. The van der Waals surface area contributed by atoms with Crippen molar-refractivity contribution in [2.75, 3.05) is 19.8 Å². The zero-order chi connectivity index (χ0) is 58.1. The van der Waals surface area contributed by atoms with Gasteiger partial charge in [0.2, 0.25) is 5.91 Å². The van der Waals surface area contributed by atoms with Gasteiger partial charge in [-0.05, 0) is 70.6 Å². The highest BCUT2D eigenvalue weighted by molar-refractivity contribution is 5.76. The molecule has 0 aromatic rings. The van der Waals surface area contributed by atoms with Crippen LogP contribution in [0.2, 0.25) is 0 Å². The zero-order valence-corrected chi connectivity index (χ0v) is 49.5. The van der Waals surface area contributed by atoms with Gasteiger partial charge in [-0.25, -0.2) is 0 Å². The number of aliphatic hydroxyl groups is 8. The van der Waals surface area contributed by atoms with Crippen molar-refractivity contribution in [1.29, 1.82) is 0 Å². The molecule has 14 heteroatoms. The van der Waals surface area contributed by atoms with Crippen molar-refractivity contribution >= 4 is 5.91 Å². The predicted octanol–water partition coefficient (Wildman–Crippen LogP) is 11.4. The number of hydrogen-bond donors (Lipinski definition) is 9. The Balaban J connectivity index is 1.78. The van der Waals surface area contributed by atoms with Gasteiger partial charge in [0, 0.05) is 6.42 Å². The molecule has 0 bridgehead atoms. The van der Waals surface area contributed by atoms with Crippen LogP contribution in [0.1, 0.15) is 219 Å². The summed E-state index contributed by atoms with van der Waals surface area (Å²) in [6.45, 7) is 2.62. The highest BCUT2D eigenvalue weighted by atomic mass is 16.7. The van der Waals surface area contributed by atoms with Gasteiger partial charge in [0.1, 0.15) is 48.8 Å². The molecule has 0 aromatic heterocycles. The molecular weight excluding hydrogens is 1010 g/mol. The van der Waals surface area contributed by atoms with Gasteiger partial charge in [-0.2, -0.15) is 0 Å². The number of carbonyl (C=O) groups is 1. The molecule has 460 valence electrons. The molecule has 1 amide bonds. The lowest BCUT2D eigenvalue weighted by Gasteiger charge is -2.46. The first-order chi connectivity index (χ1) is 39.1. The van der Waals surface area contributed by atoms with E-state index in [2.05, 4.69) is 92.1 Å². The normalized spacial score (nSPS) is 24.9. The summed E-state index contributed by atoms with van der Waals surface area (Å²) in [5.41, 5.74) is 0. The number of rotatable bonds is 49. The van der Waals surface area contributed by atoms with Crippen LogP contribution in [0.3, 0.4) is 0 Å². The minimum absolute atomic E-state index is 0.143. The fraction of sp³-hybridized carbons (Fsp3) is 0.742. The second-order valence-electron chi connectivity index (χ2n) is 21.8. The van der Waals surface area contributed by atoms with Crippen molar-refractivity contribution in [2.24, 2.45) is 0 Å². The molecule has 12 unspecified atom stereocenters. The number of hydrogen-bond acceptors (Lipinski definition) is 13. The van der Waals surface area contributed by atoms with Gasteiger partial charge in [0.05, 0.1) is 32.0 Å². The third-order valence-corrected chi connectivity index (χ3v) is 14.8. The number of carbonyl (C=O) groups excluding carboxylic acids is 1. The average Bonchev–Trinajstić information content (AvgIpc) is 3.48. The molecule has 0 radical (unpaired) electrons. The minimum atomic E-state index is -1.80. The molecule has 2 aliphatic rings. The third kappa shape index (κ3) is 35.1. The third-order valence-electron chi connectivity index (χ3n) is 14.8. The molecule has 2 aliphatic heterocycles. The van der Waals surface area contributed by atoms with E-state index in [4.69, 9.17) is 18.9 Å². The van der Waals surface area contributed by atoms with Crippen LogP contribution in [0.25, 0.3) is 0 Å². The monoisotopic (exact) mass is 1130 g/mol. The number of nitrogens with one attached hydrogen (secondary N) is 1. The molecule has 2 heterocycles. The van der Waals surface area contributed by atoms with Gasteiger partial charge in [-0.1, -0.05) is 239 Å². The summed E-state index contributed by atoms with van der Waals surface area (Å²) in [6.07, 6.45) is 53.3. The molecule has 2 fully saturated rings. The fourth-order valence-corrected chi connectivity index (χ4v) is 9.74. The number of unbranched alkanes of at least 4 members (excludes halogenated alkanes) is 22. The van der Waals surface area contributed by atoms with Crippen LogP contribution in [-0.4, -0.2) is 140 Å². The first kappa shape index (κ1) is 73.0. The van der Waals surface area contributed by atoms with Crippen molar-refractivity contribution in [3.8, 4) is 0 Å². The van der Waals surface area contributed by atoms with E-state index in [-0.39, 0.29) is 18.9 Å². The number of ether oxygens (including phenoxy) is 4. The maximum Gasteiger partial charge on any atom is 0.220 e. The molecule has 2 saturated heterocycles. The minimum Gasteiger partial charge on any atom is -0.394 e. The topological polar surface area (TPSA) is 228 Å². The summed E-state index contributed by atoms with van der Waals surface area (Å²) in [5.74, 6) is -0.333. The second-order valence-corrected chi connectivity index (χ2v) is 21.8. The zero-order valence-electron chi connectivity index (χ0n) is 49.5. The Morgan fingerprint density at radius 1 is 0.463 bits per heavy atom. The molecular formula is C66H113NO13. The van der Waals surface area contributed by atoms with Crippen molar-refractivity contribution in [3.63, 3.8) is 0 Å². The number of allylic oxidation sites excluding steroid dienone is 15.